The third kappa shape index (κ3) is 5.78. The van der Waals surface area contributed by atoms with Gasteiger partial charge in [-0.2, -0.15) is 0 Å². The molecular weight excluding hydrogens is 344 g/mol. The summed E-state index contributed by atoms with van der Waals surface area (Å²) in [4.78, 5) is 0.0778. The van der Waals surface area contributed by atoms with Crippen molar-refractivity contribution in [1.82, 2.24) is 4.72 Å². The minimum atomic E-state index is -3.60. The molecule has 0 atom stereocenters. The van der Waals surface area contributed by atoms with Gasteiger partial charge in [-0.1, -0.05) is 29.8 Å². The second kappa shape index (κ2) is 7.97. The van der Waals surface area contributed by atoms with Gasteiger partial charge in [0.1, 0.15) is 4.90 Å². The molecule has 5 nitrogen and oxygen atoms in total. The van der Waals surface area contributed by atoms with Gasteiger partial charge in [0, 0.05) is 17.6 Å². The maximum Gasteiger partial charge on any atom is 0.242 e. The monoisotopic (exact) mass is 364 g/mol. The molecule has 1 aromatic carbocycles. The van der Waals surface area contributed by atoms with E-state index in [2.05, 4.69) is 34.5 Å². The highest BCUT2D eigenvalue weighted by Gasteiger charge is 2.17. The van der Waals surface area contributed by atoms with E-state index in [1.165, 1.54) is 6.07 Å². The first-order valence-corrected chi connectivity index (χ1v) is 8.73. The number of halogens is 1. The van der Waals surface area contributed by atoms with Crippen molar-refractivity contribution in [1.29, 1.82) is 0 Å². The molecule has 114 valence electrons. The fourth-order valence-electron chi connectivity index (χ4n) is 1.49. The molecule has 0 radical (unpaired) electrons. The minimum Gasteiger partial charge on any atom is -0.398 e. The highest BCUT2D eigenvalue weighted by atomic mass is 79.9. The lowest BCUT2D eigenvalue weighted by Gasteiger charge is -2.10. The number of hydrogen-bond donors (Lipinski definition) is 2. The fourth-order valence-corrected chi connectivity index (χ4v) is 3.17. The molecule has 7 heteroatoms. The van der Waals surface area contributed by atoms with Crippen molar-refractivity contribution >= 4 is 31.6 Å². The number of rotatable bonds is 8. The Labute approximate surface area is 129 Å². The predicted octanol–water partition coefficient (Wildman–Crippen LogP) is 2.37. The second-order valence-corrected chi connectivity index (χ2v) is 7.53. The Morgan fingerprint density at radius 3 is 2.70 bits per heavy atom. The quantitative estimate of drug-likeness (QED) is 0.547. The lowest BCUT2D eigenvalue weighted by atomic mass is 10.1. The normalized spacial score (nSPS) is 12.0. The standard InChI is InChI=1S/C13H21BrN2O3S/c1-10(2)5-7-19-8-6-16-20(17,18)13-9-11(14)3-4-12(13)15/h3-4,9-10,16H,5-8,15H2,1-2H3. The number of nitrogens with one attached hydrogen (secondary N) is 1. The molecule has 0 spiro atoms. The van der Waals surface area contributed by atoms with Crippen LogP contribution < -0.4 is 10.5 Å². The van der Waals surface area contributed by atoms with Gasteiger partial charge in [-0.15, -0.1) is 0 Å². The first-order valence-electron chi connectivity index (χ1n) is 6.45. The average molecular weight is 365 g/mol. The lowest BCUT2D eigenvalue weighted by Crippen LogP contribution is -2.28. The summed E-state index contributed by atoms with van der Waals surface area (Å²) in [5.41, 5.74) is 5.91. The van der Waals surface area contributed by atoms with Crippen LogP contribution in [0.25, 0.3) is 0 Å². The van der Waals surface area contributed by atoms with Crippen LogP contribution in [0, 0.1) is 5.92 Å². The van der Waals surface area contributed by atoms with E-state index >= 15 is 0 Å². The third-order valence-corrected chi connectivity index (χ3v) is 4.65. The average Bonchev–Trinajstić information content (AvgIpc) is 2.36. The van der Waals surface area contributed by atoms with Gasteiger partial charge in [0.05, 0.1) is 12.3 Å². The van der Waals surface area contributed by atoms with Crippen molar-refractivity contribution in [3.05, 3.63) is 22.7 Å². The van der Waals surface area contributed by atoms with Crippen molar-refractivity contribution in [3.8, 4) is 0 Å². The lowest BCUT2D eigenvalue weighted by molar-refractivity contribution is 0.128. The van der Waals surface area contributed by atoms with E-state index in [9.17, 15) is 8.42 Å². The molecule has 0 aliphatic carbocycles. The third-order valence-electron chi connectivity index (χ3n) is 2.64. The van der Waals surface area contributed by atoms with E-state index < -0.39 is 10.0 Å². The van der Waals surface area contributed by atoms with Crippen molar-refractivity contribution in [2.45, 2.75) is 25.2 Å². The number of anilines is 1. The molecule has 0 heterocycles. The summed E-state index contributed by atoms with van der Waals surface area (Å²) < 4.78 is 32.7. The maximum atomic E-state index is 12.1. The largest absolute Gasteiger partial charge is 0.398 e. The molecule has 0 fully saturated rings. The van der Waals surface area contributed by atoms with Gasteiger partial charge in [-0.25, -0.2) is 13.1 Å². The zero-order valence-corrected chi connectivity index (χ0v) is 14.1. The molecule has 0 aliphatic rings. The number of nitrogen functional groups attached to an aromatic ring is 1. The first-order chi connectivity index (χ1) is 9.33. The molecule has 0 amide bonds. The van der Waals surface area contributed by atoms with Crippen molar-refractivity contribution in [2.75, 3.05) is 25.5 Å². The van der Waals surface area contributed by atoms with Crippen molar-refractivity contribution in [3.63, 3.8) is 0 Å². The van der Waals surface area contributed by atoms with E-state index in [0.717, 1.165) is 6.42 Å². The molecule has 0 aliphatic heterocycles. The van der Waals surface area contributed by atoms with E-state index in [0.29, 0.717) is 23.6 Å². The summed E-state index contributed by atoms with van der Waals surface area (Å²) in [6.07, 6.45) is 0.964. The Bertz CT molecular complexity index is 532. The summed E-state index contributed by atoms with van der Waals surface area (Å²) in [6.45, 7) is 5.44. The summed E-state index contributed by atoms with van der Waals surface area (Å²) >= 11 is 3.23. The van der Waals surface area contributed by atoms with E-state index in [-0.39, 0.29) is 17.1 Å². The van der Waals surface area contributed by atoms with E-state index in [4.69, 9.17) is 10.5 Å². The van der Waals surface area contributed by atoms with Crippen LogP contribution in [0.5, 0.6) is 0 Å². The minimum absolute atomic E-state index is 0.0778. The second-order valence-electron chi connectivity index (χ2n) is 4.87. The predicted molar refractivity (Wildman–Crippen MR) is 84.0 cm³/mol. The molecule has 0 aromatic heterocycles. The van der Waals surface area contributed by atoms with Crippen LogP contribution >= 0.6 is 15.9 Å². The van der Waals surface area contributed by atoms with Crippen LogP contribution in [0.3, 0.4) is 0 Å². The van der Waals surface area contributed by atoms with Gasteiger partial charge < -0.3 is 10.5 Å². The molecule has 0 bridgehead atoms. The molecular formula is C13H21BrN2O3S. The van der Waals surface area contributed by atoms with Crippen LogP contribution in [0.2, 0.25) is 0 Å². The van der Waals surface area contributed by atoms with Crippen LogP contribution in [-0.2, 0) is 14.8 Å². The molecule has 0 saturated heterocycles. The van der Waals surface area contributed by atoms with Crippen LogP contribution in [0.1, 0.15) is 20.3 Å². The molecule has 3 N–H and O–H groups in total. The Hall–Kier alpha value is -0.630. The topological polar surface area (TPSA) is 81.4 Å². The zero-order chi connectivity index (χ0) is 15.2. The Morgan fingerprint density at radius 1 is 1.35 bits per heavy atom. The van der Waals surface area contributed by atoms with Gasteiger partial charge in [0.15, 0.2) is 0 Å². The molecule has 20 heavy (non-hydrogen) atoms. The number of ether oxygens (including phenoxy) is 1. The van der Waals surface area contributed by atoms with Gasteiger partial charge in [-0.05, 0) is 30.5 Å². The first kappa shape index (κ1) is 17.4. The number of benzene rings is 1. The van der Waals surface area contributed by atoms with Gasteiger partial charge in [-0.3, -0.25) is 0 Å². The van der Waals surface area contributed by atoms with Crippen LogP contribution in [-0.4, -0.2) is 28.2 Å². The number of hydrogen-bond acceptors (Lipinski definition) is 4. The highest BCUT2D eigenvalue weighted by molar-refractivity contribution is 9.10. The van der Waals surface area contributed by atoms with Crippen molar-refractivity contribution in [2.24, 2.45) is 5.92 Å². The van der Waals surface area contributed by atoms with Crippen LogP contribution in [0.15, 0.2) is 27.6 Å². The molecule has 0 saturated carbocycles. The van der Waals surface area contributed by atoms with Gasteiger partial charge in [0.2, 0.25) is 10.0 Å². The maximum absolute atomic E-state index is 12.1. The Kier molecular flexibility index (Phi) is 6.94. The van der Waals surface area contributed by atoms with Crippen molar-refractivity contribution < 1.29 is 13.2 Å². The fraction of sp³-hybridized carbons (Fsp3) is 0.538. The molecule has 0 unspecified atom stereocenters. The smallest absolute Gasteiger partial charge is 0.242 e. The SMILES string of the molecule is CC(C)CCOCCNS(=O)(=O)c1cc(Br)ccc1N. The Balaban J connectivity index is 2.48. The van der Waals surface area contributed by atoms with E-state index in [1.807, 2.05) is 0 Å². The van der Waals surface area contributed by atoms with E-state index in [1.54, 1.807) is 12.1 Å². The number of nitrogens with two attached hydrogens (primary N) is 1. The summed E-state index contributed by atoms with van der Waals surface area (Å²) in [6, 6.07) is 4.73. The zero-order valence-electron chi connectivity index (χ0n) is 11.7. The summed E-state index contributed by atoms with van der Waals surface area (Å²) in [5.74, 6) is 0.577. The van der Waals surface area contributed by atoms with Gasteiger partial charge >= 0.3 is 0 Å². The summed E-state index contributed by atoms with van der Waals surface area (Å²) in [5, 5.41) is 0. The van der Waals surface area contributed by atoms with Crippen LogP contribution in [0.4, 0.5) is 5.69 Å². The summed E-state index contributed by atoms with van der Waals surface area (Å²) in [7, 11) is -3.60. The number of sulfonamides is 1. The highest BCUT2D eigenvalue weighted by Crippen LogP contribution is 2.22. The van der Waals surface area contributed by atoms with Gasteiger partial charge in [0.25, 0.3) is 0 Å². The Morgan fingerprint density at radius 2 is 2.05 bits per heavy atom. The molecule has 1 rings (SSSR count). The molecule has 1 aromatic rings.